The number of rotatable bonds is 6. The van der Waals surface area contributed by atoms with E-state index in [2.05, 4.69) is 0 Å². The third kappa shape index (κ3) is 4.05. The van der Waals surface area contributed by atoms with Crippen LogP contribution < -0.4 is 4.74 Å². The second kappa shape index (κ2) is 8.32. The maximum atomic E-state index is 13.3. The van der Waals surface area contributed by atoms with Crippen LogP contribution in [0, 0.1) is 0 Å². The molecule has 0 aromatic heterocycles. The van der Waals surface area contributed by atoms with Crippen molar-refractivity contribution in [1.29, 1.82) is 0 Å². The average molecular weight is 403 g/mol. The highest BCUT2D eigenvalue weighted by Gasteiger charge is 2.37. The molecule has 3 rings (SSSR count). The van der Waals surface area contributed by atoms with E-state index in [1.807, 2.05) is 24.3 Å². The summed E-state index contributed by atoms with van der Waals surface area (Å²) in [5.74, 6) is 0.679. The Balaban J connectivity index is 1.86. The Morgan fingerprint density at radius 3 is 2.46 bits per heavy atom. The molecule has 7 heteroatoms. The summed E-state index contributed by atoms with van der Waals surface area (Å²) in [5, 5.41) is 0. The van der Waals surface area contributed by atoms with Crippen LogP contribution in [0.1, 0.15) is 30.0 Å². The van der Waals surface area contributed by atoms with Crippen LogP contribution in [0.15, 0.2) is 53.4 Å². The van der Waals surface area contributed by atoms with E-state index in [1.165, 1.54) is 4.90 Å². The number of hydrogen-bond acceptors (Lipinski definition) is 4. The number of benzene rings is 2. The van der Waals surface area contributed by atoms with Gasteiger partial charge in [0, 0.05) is 26.2 Å². The monoisotopic (exact) mass is 402 g/mol. The Hall–Kier alpha value is -2.38. The lowest BCUT2D eigenvalue weighted by atomic mass is 10.0. The lowest BCUT2D eigenvalue weighted by molar-refractivity contribution is -0.127. The molecule has 0 spiro atoms. The van der Waals surface area contributed by atoms with E-state index in [-0.39, 0.29) is 23.3 Å². The molecular formula is C21H26N2O4S. The quantitative estimate of drug-likeness (QED) is 0.745. The number of para-hydroxylation sites is 1. The van der Waals surface area contributed by atoms with E-state index < -0.39 is 10.0 Å². The van der Waals surface area contributed by atoms with Crippen LogP contribution in [0.3, 0.4) is 0 Å². The third-order valence-electron chi connectivity index (χ3n) is 5.09. The van der Waals surface area contributed by atoms with Crippen molar-refractivity contribution < 1.29 is 17.9 Å². The summed E-state index contributed by atoms with van der Waals surface area (Å²) in [6.45, 7) is 0.478. The maximum absolute atomic E-state index is 13.3. The van der Waals surface area contributed by atoms with E-state index in [1.54, 1.807) is 49.8 Å². The van der Waals surface area contributed by atoms with E-state index in [9.17, 15) is 13.2 Å². The van der Waals surface area contributed by atoms with Gasteiger partial charge in [-0.05, 0) is 36.6 Å². The van der Waals surface area contributed by atoms with Crippen molar-refractivity contribution in [1.82, 2.24) is 9.21 Å². The van der Waals surface area contributed by atoms with Crippen LogP contribution >= 0.6 is 0 Å². The molecule has 1 amide bonds. The Bertz CT molecular complexity index is 939. The number of carbonyl (C=O) groups is 1. The SMILES string of the molecule is COc1ccccc1[C@H]1CCCN1S(=O)(=O)c1ccc(CC(=O)N(C)C)cc1. The Labute approximate surface area is 166 Å². The van der Waals surface area contributed by atoms with Crippen LogP contribution in [0.4, 0.5) is 0 Å². The molecule has 1 aliphatic heterocycles. The predicted molar refractivity (Wildman–Crippen MR) is 108 cm³/mol. The highest BCUT2D eigenvalue weighted by atomic mass is 32.2. The molecule has 0 radical (unpaired) electrons. The number of ether oxygens (including phenoxy) is 1. The number of carbonyl (C=O) groups excluding carboxylic acids is 1. The van der Waals surface area contributed by atoms with Gasteiger partial charge in [-0.3, -0.25) is 4.79 Å². The molecule has 1 saturated heterocycles. The zero-order chi connectivity index (χ0) is 20.3. The highest BCUT2D eigenvalue weighted by Crippen LogP contribution is 2.40. The topological polar surface area (TPSA) is 66.9 Å². The van der Waals surface area contributed by atoms with Gasteiger partial charge in [0.15, 0.2) is 0 Å². The van der Waals surface area contributed by atoms with Crippen molar-refractivity contribution >= 4 is 15.9 Å². The number of hydrogen-bond donors (Lipinski definition) is 0. The van der Waals surface area contributed by atoms with Crippen molar-refractivity contribution in [3.05, 3.63) is 59.7 Å². The van der Waals surface area contributed by atoms with Crippen molar-refractivity contribution in [3.63, 3.8) is 0 Å². The molecule has 1 fully saturated rings. The third-order valence-corrected chi connectivity index (χ3v) is 7.01. The van der Waals surface area contributed by atoms with Crippen LogP contribution in [-0.2, 0) is 21.2 Å². The largest absolute Gasteiger partial charge is 0.496 e. The second-order valence-electron chi connectivity index (χ2n) is 7.12. The van der Waals surface area contributed by atoms with Crippen LogP contribution in [0.5, 0.6) is 5.75 Å². The summed E-state index contributed by atoms with van der Waals surface area (Å²) in [6, 6.07) is 13.9. The van der Waals surface area contributed by atoms with Gasteiger partial charge in [-0.1, -0.05) is 30.3 Å². The molecule has 150 valence electrons. The van der Waals surface area contributed by atoms with Gasteiger partial charge < -0.3 is 9.64 Å². The Morgan fingerprint density at radius 2 is 1.82 bits per heavy atom. The fourth-order valence-electron chi connectivity index (χ4n) is 3.53. The first-order chi connectivity index (χ1) is 13.3. The Kier molecular flexibility index (Phi) is 6.05. The molecule has 0 N–H and O–H groups in total. The van der Waals surface area contributed by atoms with Crippen LogP contribution in [0.25, 0.3) is 0 Å². The van der Waals surface area contributed by atoms with Crippen molar-refractivity contribution in [2.24, 2.45) is 0 Å². The van der Waals surface area contributed by atoms with Gasteiger partial charge in [0.1, 0.15) is 5.75 Å². The predicted octanol–water partition coefficient (Wildman–Crippen LogP) is 2.85. The fraction of sp³-hybridized carbons (Fsp3) is 0.381. The zero-order valence-electron chi connectivity index (χ0n) is 16.5. The minimum Gasteiger partial charge on any atom is -0.496 e. The van der Waals surface area contributed by atoms with Crippen molar-refractivity contribution in [3.8, 4) is 5.75 Å². The van der Waals surface area contributed by atoms with E-state index in [4.69, 9.17) is 4.74 Å². The standard InChI is InChI=1S/C21H26N2O4S/c1-22(2)21(24)15-16-10-12-17(13-11-16)28(25,26)23-14-6-8-19(23)18-7-4-5-9-20(18)27-3/h4-5,7,9-13,19H,6,8,14-15H2,1-3H3/t19-/m1/s1. The smallest absolute Gasteiger partial charge is 0.243 e. The number of nitrogens with zero attached hydrogens (tertiary/aromatic N) is 2. The summed E-state index contributed by atoms with van der Waals surface area (Å²) < 4.78 is 33.5. The van der Waals surface area contributed by atoms with Gasteiger partial charge in [-0.15, -0.1) is 0 Å². The first-order valence-electron chi connectivity index (χ1n) is 9.28. The molecular weight excluding hydrogens is 376 g/mol. The summed E-state index contributed by atoms with van der Waals surface area (Å²) in [4.78, 5) is 13.6. The van der Waals surface area contributed by atoms with Gasteiger partial charge >= 0.3 is 0 Å². The average Bonchev–Trinajstić information content (AvgIpc) is 3.19. The van der Waals surface area contributed by atoms with Gasteiger partial charge in [-0.25, -0.2) is 8.42 Å². The summed E-state index contributed by atoms with van der Waals surface area (Å²) in [7, 11) is 1.36. The van der Waals surface area contributed by atoms with Crippen molar-refractivity contribution in [2.75, 3.05) is 27.7 Å². The molecule has 0 aliphatic carbocycles. The molecule has 1 atom stereocenters. The lowest BCUT2D eigenvalue weighted by Gasteiger charge is -2.25. The molecule has 2 aromatic carbocycles. The Morgan fingerprint density at radius 1 is 1.14 bits per heavy atom. The van der Waals surface area contributed by atoms with Crippen LogP contribution in [0.2, 0.25) is 0 Å². The van der Waals surface area contributed by atoms with Gasteiger partial charge in [-0.2, -0.15) is 4.31 Å². The summed E-state index contributed by atoms with van der Waals surface area (Å²) in [6.07, 6.45) is 1.81. The van der Waals surface area contributed by atoms with Crippen molar-refractivity contribution in [2.45, 2.75) is 30.2 Å². The first kappa shape index (κ1) is 20.4. The molecule has 0 saturated carbocycles. The summed E-state index contributed by atoms with van der Waals surface area (Å²) in [5.41, 5.74) is 1.68. The van der Waals surface area contributed by atoms with Gasteiger partial charge in [0.2, 0.25) is 15.9 Å². The maximum Gasteiger partial charge on any atom is 0.243 e. The van der Waals surface area contributed by atoms with Gasteiger partial charge in [0.25, 0.3) is 0 Å². The van der Waals surface area contributed by atoms with Crippen LogP contribution in [-0.4, -0.2) is 51.3 Å². The zero-order valence-corrected chi connectivity index (χ0v) is 17.3. The number of likely N-dealkylation sites (N-methyl/N-ethyl adjacent to an activating group) is 1. The van der Waals surface area contributed by atoms with E-state index in [0.717, 1.165) is 24.0 Å². The molecule has 1 heterocycles. The number of sulfonamides is 1. The summed E-state index contributed by atoms with van der Waals surface area (Å²) >= 11 is 0. The minimum atomic E-state index is -3.64. The lowest BCUT2D eigenvalue weighted by Crippen LogP contribution is -2.31. The molecule has 6 nitrogen and oxygen atoms in total. The second-order valence-corrected chi connectivity index (χ2v) is 9.02. The number of methoxy groups -OCH3 is 1. The molecule has 1 aliphatic rings. The van der Waals surface area contributed by atoms with E-state index >= 15 is 0 Å². The molecule has 0 unspecified atom stereocenters. The molecule has 28 heavy (non-hydrogen) atoms. The fourth-order valence-corrected chi connectivity index (χ4v) is 5.20. The van der Waals surface area contributed by atoms with Gasteiger partial charge in [0.05, 0.1) is 24.5 Å². The highest BCUT2D eigenvalue weighted by molar-refractivity contribution is 7.89. The number of amides is 1. The normalized spacial score (nSPS) is 17.5. The first-order valence-corrected chi connectivity index (χ1v) is 10.7. The molecule has 2 aromatic rings. The van der Waals surface area contributed by atoms with E-state index in [0.29, 0.717) is 12.3 Å². The molecule has 0 bridgehead atoms. The minimum absolute atomic E-state index is 0.0219.